The number of hydrogen-bond donors (Lipinski definition) is 1. The topological polar surface area (TPSA) is 89.3 Å². The lowest BCUT2D eigenvalue weighted by molar-refractivity contribution is -0.387. The van der Waals surface area contributed by atoms with Crippen LogP contribution in [0.3, 0.4) is 0 Å². The third-order valence-corrected chi connectivity index (χ3v) is 3.74. The number of nitro groups is 1. The van der Waals surface area contributed by atoms with E-state index in [1.165, 1.54) is 18.2 Å². The molecule has 1 N–H and O–H groups in total. The van der Waals surface area contributed by atoms with Crippen molar-refractivity contribution in [2.45, 2.75) is 17.7 Å². The minimum absolute atomic E-state index is 0.223. The van der Waals surface area contributed by atoms with E-state index in [9.17, 15) is 18.5 Å². The first-order chi connectivity index (χ1) is 8.49. The molecule has 0 amide bonds. The van der Waals surface area contributed by atoms with Crippen LogP contribution in [0.5, 0.6) is 0 Å². The monoisotopic (exact) mass is 270 g/mol. The van der Waals surface area contributed by atoms with Crippen LogP contribution in [-0.2, 0) is 10.0 Å². The van der Waals surface area contributed by atoms with Gasteiger partial charge in [-0.3, -0.25) is 10.1 Å². The van der Waals surface area contributed by atoms with Crippen LogP contribution in [0.25, 0.3) is 0 Å². The molecular formula is C11H14N2O4S. The highest BCUT2D eigenvalue weighted by molar-refractivity contribution is 7.89. The SMILES string of the molecule is C=CCCCNS(=O)(=O)c1ccccc1[N+](=O)[O-]. The molecule has 1 aromatic carbocycles. The summed E-state index contributed by atoms with van der Waals surface area (Å²) < 4.78 is 26.1. The van der Waals surface area contributed by atoms with Gasteiger partial charge in [-0.2, -0.15) is 0 Å². The molecule has 0 heterocycles. The maximum absolute atomic E-state index is 11.9. The molecule has 0 fully saturated rings. The van der Waals surface area contributed by atoms with Crippen LogP contribution in [0.4, 0.5) is 5.69 Å². The molecule has 98 valence electrons. The number of hydrogen-bond acceptors (Lipinski definition) is 4. The maximum atomic E-state index is 11.9. The molecule has 0 aliphatic heterocycles. The predicted molar refractivity (Wildman–Crippen MR) is 67.7 cm³/mol. The third-order valence-electron chi connectivity index (χ3n) is 2.23. The summed E-state index contributed by atoms with van der Waals surface area (Å²) >= 11 is 0. The number of allylic oxidation sites excluding steroid dienone is 1. The molecule has 0 aliphatic carbocycles. The second-order valence-electron chi connectivity index (χ2n) is 3.55. The number of para-hydroxylation sites is 1. The smallest absolute Gasteiger partial charge is 0.258 e. The molecule has 6 nitrogen and oxygen atoms in total. The first-order valence-corrected chi connectivity index (χ1v) is 6.81. The molecule has 0 unspecified atom stereocenters. The van der Waals surface area contributed by atoms with Crippen molar-refractivity contribution in [1.29, 1.82) is 0 Å². The first kappa shape index (κ1) is 14.3. The average Bonchev–Trinajstić information content (AvgIpc) is 2.35. The lowest BCUT2D eigenvalue weighted by Gasteiger charge is -2.06. The fourth-order valence-electron chi connectivity index (χ4n) is 1.37. The van der Waals surface area contributed by atoms with Crippen molar-refractivity contribution < 1.29 is 13.3 Å². The molecule has 0 radical (unpaired) electrons. The highest BCUT2D eigenvalue weighted by Gasteiger charge is 2.24. The number of rotatable bonds is 7. The van der Waals surface area contributed by atoms with Crippen LogP contribution in [0.1, 0.15) is 12.8 Å². The Hall–Kier alpha value is -1.73. The standard InChI is InChI=1S/C11H14N2O4S/c1-2-3-6-9-12-18(16,17)11-8-5-4-7-10(11)13(14)15/h2,4-5,7-8,12H,1,3,6,9H2. The van der Waals surface area contributed by atoms with Crippen LogP contribution in [0.15, 0.2) is 41.8 Å². The lowest BCUT2D eigenvalue weighted by atomic mass is 10.3. The summed E-state index contributed by atoms with van der Waals surface area (Å²) in [7, 11) is -3.84. The van der Waals surface area contributed by atoms with E-state index < -0.39 is 20.6 Å². The van der Waals surface area contributed by atoms with E-state index in [1.807, 2.05) is 0 Å². The lowest BCUT2D eigenvalue weighted by Crippen LogP contribution is -2.25. The molecule has 0 aliphatic rings. The minimum atomic E-state index is -3.84. The number of nitrogens with one attached hydrogen (secondary N) is 1. The number of sulfonamides is 1. The van der Waals surface area contributed by atoms with Crippen LogP contribution in [0, 0.1) is 10.1 Å². The summed E-state index contributed by atoms with van der Waals surface area (Å²) in [5, 5.41) is 10.7. The summed E-state index contributed by atoms with van der Waals surface area (Å²) in [4.78, 5) is 9.72. The van der Waals surface area contributed by atoms with E-state index in [-0.39, 0.29) is 11.4 Å². The van der Waals surface area contributed by atoms with Gasteiger partial charge in [-0.1, -0.05) is 18.2 Å². The maximum Gasteiger partial charge on any atom is 0.289 e. The summed E-state index contributed by atoms with van der Waals surface area (Å²) in [6.07, 6.45) is 2.96. The summed E-state index contributed by atoms with van der Waals surface area (Å²) in [6, 6.07) is 5.26. The van der Waals surface area contributed by atoms with Gasteiger partial charge in [-0.25, -0.2) is 13.1 Å². The van der Waals surface area contributed by atoms with Crippen molar-refractivity contribution in [3.05, 3.63) is 47.0 Å². The quantitative estimate of drug-likeness (QED) is 0.354. The average molecular weight is 270 g/mol. The van der Waals surface area contributed by atoms with Gasteiger partial charge in [0, 0.05) is 12.6 Å². The molecule has 0 saturated heterocycles. The molecule has 7 heteroatoms. The van der Waals surface area contributed by atoms with Crippen LogP contribution in [-0.4, -0.2) is 19.9 Å². The molecule has 0 spiro atoms. The second kappa shape index (κ2) is 6.27. The van der Waals surface area contributed by atoms with Crippen LogP contribution in [0.2, 0.25) is 0 Å². The van der Waals surface area contributed by atoms with Gasteiger partial charge in [-0.05, 0) is 18.9 Å². The molecule has 0 atom stereocenters. The normalized spacial score (nSPS) is 11.1. The number of nitro benzene ring substituents is 1. The Balaban J connectivity index is 2.91. The van der Waals surface area contributed by atoms with Crippen molar-refractivity contribution in [2.24, 2.45) is 0 Å². The fourth-order valence-corrected chi connectivity index (χ4v) is 2.61. The number of nitrogens with zero attached hydrogens (tertiary/aromatic N) is 1. The van der Waals surface area contributed by atoms with Gasteiger partial charge >= 0.3 is 0 Å². The van der Waals surface area contributed by atoms with E-state index >= 15 is 0 Å². The van der Waals surface area contributed by atoms with Gasteiger partial charge in [0.25, 0.3) is 5.69 Å². The zero-order valence-corrected chi connectivity index (χ0v) is 10.5. The van der Waals surface area contributed by atoms with Gasteiger partial charge in [0.2, 0.25) is 10.0 Å². The Morgan fingerprint density at radius 1 is 1.39 bits per heavy atom. The second-order valence-corrected chi connectivity index (χ2v) is 5.29. The van der Waals surface area contributed by atoms with Gasteiger partial charge in [0.15, 0.2) is 4.90 Å². The van der Waals surface area contributed by atoms with Gasteiger partial charge in [0.05, 0.1) is 4.92 Å². The molecule has 1 rings (SSSR count). The fraction of sp³-hybridized carbons (Fsp3) is 0.273. The molecule has 0 saturated carbocycles. The van der Waals surface area contributed by atoms with Crippen LogP contribution < -0.4 is 4.72 Å². The Labute approximate surface area is 106 Å². The third kappa shape index (κ3) is 3.64. The first-order valence-electron chi connectivity index (χ1n) is 5.33. The Kier molecular flexibility index (Phi) is 4.99. The number of unbranched alkanes of at least 4 members (excludes halogenated alkanes) is 1. The van der Waals surface area contributed by atoms with E-state index in [0.29, 0.717) is 12.8 Å². The molecule has 1 aromatic rings. The van der Waals surface area contributed by atoms with E-state index in [0.717, 1.165) is 6.07 Å². The van der Waals surface area contributed by atoms with E-state index in [1.54, 1.807) is 6.08 Å². The minimum Gasteiger partial charge on any atom is -0.258 e. The summed E-state index contributed by atoms with van der Waals surface area (Å²) in [5.74, 6) is 0. The van der Waals surface area contributed by atoms with Gasteiger partial charge < -0.3 is 0 Å². The van der Waals surface area contributed by atoms with E-state index in [2.05, 4.69) is 11.3 Å². The zero-order valence-electron chi connectivity index (χ0n) is 9.70. The number of benzene rings is 1. The predicted octanol–water partition coefficient (Wildman–Crippen LogP) is 1.84. The van der Waals surface area contributed by atoms with Crippen molar-refractivity contribution in [1.82, 2.24) is 4.72 Å². The van der Waals surface area contributed by atoms with E-state index in [4.69, 9.17) is 0 Å². The van der Waals surface area contributed by atoms with Crippen molar-refractivity contribution in [2.75, 3.05) is 6.54 Å². The summed E-state index contributed by atoms with van der Waals surface area (Å²) in [5.41, 5.74) is -0.422. The highest BCUT2D eigenvalue weighted by Crippen LogP contribution is 2.22. The van der Waals surface area contributed by atoms with Crippen molar-refractivity contribution >= 4 is 15.7 Å². The van der Waals surface area contributed by atoms with Gasteiger partial charge in [-0.15, -0.1) is 6.58 Å². The van der Waals surface area contributed by atoms with Gasteiger partial charge in [0.1, 0.15) is 0 Å². The Morgan fingerprint density at radius 2 is 2.06 bits per heavy atom. The Bertz CT molecular complexity index is 540. The molecular weight excluding hydrogens is 256 g/mol. The largest absolute Gasteiger partial charge is 0.289 e. The van der Waals surface area contributed by atoms with Crippen LogP contribution >= 0.6 is 0 Å². The highest BCUT2D eigenvalue weighted by atomic mass is 32.2. The summed E-state index contributed by atoms with van der Waals surface area (Å²) in [6.45, 7) is 3.75. The Morgan fingerprint density at radius 3 is 2.67 bits per heavy atom. The van der Waals surface area contributed by atoms with Crippen molar-refractivity contribution in [3.8, 4) is 0 Å². The van der Waals surface area contributed by atoms with Crippen molar-refractivity contribution in [3.63, 3.8) is 0 Å². The zero-order chi connectivity index (χ0) is 13.6. The molecule has 0 aromatic heterocycles. The molecule has 0 bridgehead atoms. The molecule has 18 heavy (non-hydrogen) atoms.